The SMILES string of the molecule is CS(=O)(=O)N1CCC(C(=O)OCC(=O)NC2CCCCC2)CC1. The van der Waals surface area contributed by atoms with Gasteiger partial charge in [0.25, 0.3) is 5.91 Å². The van der Waals surface area contributed by atoms with E-state index in [-0.39, 0.29) is 24.5 Å². The van der Waals surface area contributed by atoms with Crippen LogP contribution >= 0.6 is 0 Å². The number of amides is 1. The molecule has 23 heavy (non-hydrogen) atoms. The highest BCUT2D eigenvalue weighted by Gasteiger charge is 2.30. The van der Waals surface area contributed by atoms with E-state index in [4.69, 9.17) is 4.74 Å². The summed E-state index contributed by atoms with van der Waals surface area (Å²) in [6.45, 7) is 0.404. The zero-order valence-corrected chi connectivity index (χ0v) is 14.4. The minimum atomic E-state index is -3.20. The quantitative estimate of drug-likeness (QED) is 0.738. The molecule has 0 atom stereocenters. The molecular weight excluding hydrogens is 320 g/mol. The lowest BCUT2D eigenvalue weighted by Crippen LogP contribution is -2.41. The summed E-state index contributed by atoms with van der Waals surface area (Å²) >= 11 is 0. The lowest BCUT2D eigenvalue weighted by Gasteiger charge is -2.29. The smallest absolute Gasteiger partial charge is 0.309 e. The van der Waals surface area contributed by atoms with Gasteiger partial charge in [0.1, 0.15) is 0 Å². The van der Waals surface area contributed by atoms with Gasteiger partial charge in [0.15, 0.2) is 6.61 Å². The topological polar surface area (TPSA) is 92.8 Å². The van der Waals surface area contributed by atoms with Gasteiger partial charge in [-0.2, -0.15) is 0 Å². The first-order chi connectivity index (χ1) is 10.9. The molecule has 0 bridgehead atoms. The number of sulfonamides is 1. The van der Waals surface area contributed by atoms with Crippen molar-refractivity contribution in [3.05, 3.63) is 0 Å². The summed E-state index contributed by atoms with van der Waals surface area (Å²) in [5.41, 5.74) is 0. The summed E-state index contributed by atoms with van der Waals surface area (Å²) in [5.74, 6) is -0.980. The maximum absolute atomic E-state index is 12.0. The van der Waals surface area contributed by atoms with Crippen molar-refractivity contribution in [1.82, 2.24) is 9.62 Å². The summed E-state index contributed by atoms with van der Waals surface area (Å²) in [4.78, 5) is 23.8. The van der Waals surface area contributed by atoms with Crippen molar-refractivity contribution >= 4 is 21.9 Å². The first-order valence-electron chi connectivity index (χ1n) is 8.27. The fourth-order valence-corrected chi connectivity index (χ4v) is 4.07. The van der Waals surface area contributed by atoms with E-state index < -0.39 is 16.0 Å². The molecule has 7 nitrogen and oxygen atoms in total. The third kappa shape index (κ3) is 5.76. The van der Waals surface area contributed by atoms with Crippen molar-refractivity contribution in [1.29, 1.82) is 0 Å². The monoisotopic (exact) mass is 346 g/mol. The Morgan fingerprint density at radius 1 is 1.09 bits per heavy atom. The number of nitrogens with one attached hydrogen (secondary N) is 1. The first-order valence-corrected chi connectivity index (χ1v) is 10.1. The number of ether oxygens (including phenoxy) is 1. The van der Waals surface area contributed by atoms with Gasteiger partial charge in [-0.25, -0.2) is 12.7 Å². The molecule has 0 unspecified atom stereocenters. The molecule has 0 aromatic rings. The third-order valence-corrected chi connectivity index (χ3v) is 5.88. The normalized spacial score (nSPS) is 21.8. The second-order valence-corrected chi connectivity index (χ2v) is 8.43. The van der Waals surface area contributed by atoms with E-state index in [2.05, 4.69) is 5.32 Å². The highest BCUT2D eigenvalue weighted by atomic mass is 32.2. The molecule has 0 aromatic carbocycles. The van der Waals surface area contributed by atoms with Crippen LogP contribution < -0.4 is 5.32 Å². The van der Waals surface area contributed by atoms with Crippen LogP contribution in [0, 0.1) is 5.92 Å². The van der Waals surface area contributed by atoms with Crippen LogP contribution in [0.1, 0.15) is 44.9 Å². The Bertz CT molecular complexity index is 520. The fraction of sp³-hybridized carbons (Fsp3) is 0.867. The second kappa shape index (κ2) is 8.10. The highest BCUT2D eigenvalue weighted by molar-refractivity contribution is 7.88. The van der Waals surface area contributed by atoms with Gasteiger partial charge in [-0.05, 0) is 25.7 Å². The Kier molecular flexibility index (Phi) is 6.41. The van der Waals surface area contributed by atoms with Crippen LogP contribution in [0.3, 0.4) is 0 Å². The van der Waals surface area contributed by atoms with Crippen molar-refractivity contribution in [2.75, 3.05) is 26.0 Å². The Balaban J connectivity index is 1.68. The molecule has 1 N–H and O–H groups in total. The number of nitrogens with zero attached hydrogens (tertiary/aromatic N) is 1. The van der Waals surface area contributed by atoms with Crippen LogP contribution in [0.25, 0.3) is 0 Å². The van der Waals surface area contributed by atoms with Gasteiger partial charge in [-0.3, -0.25) is 9.59 Å². The Hall–Kier alpha value is -1.15. The molecule has 1 aliphatic heterocycles. The maximum atomic E-state index is 12.0. The minimum Gasteiger partial charge on any atom is -0.455 e. The molecule has 132 valence electrons. The molecule has 2 rings (SSSR count). The van der Waals surface area contributed by atoms with Crippen molar-refractivity contribution in [2.45, 2.75) is 51.0 Å². The summed E-state index contributed by atoms with van der Waals surface area (Å²) in [6, 6.07) is 0.202. The lowest BCUT2D eigenvalue weighted by atomic mass is 9.95. The van der Waals surface area contributed by atoms with Gasteiger partial charge in [-0.1, -0.05) is 19.3 Å². The Morgan fingerprint density at radius 3 is 2.26 bits per heavy atom. The highest BCUT2D eigenvalue weighted by Crippen LogP contribution is 2.20. The molecule has 2 aliphatic rings. The second-order valence-electron chi connectivity index (χ2n) is 6.45. The van der Waals surface area contributed by atoms with Gasteiger partial charge < -0.3 is 10.1 Å². The van der Waals surface area contributed by atoms with E-state index in [9.17, 15) is 18.0 Å². The number of rotatable bonds is 5. The molecule has 1 saturated heterocycles. The molecule has 0 aromatic heterocycles. The van der Waals surface area contributed by atoms with E-state index in [1.54, 1.807) is 0 Å². The lowest BCUT2D eigenvalue weighted by molar-refractivity contribution is -0.153. The molecule has 8 heteroatoms. The zero-order valence-electron chi connectivity index (χ0n) is 13.6. The predicted octanol–water partition coefficient (Wildman–Crippen LogP) is 0.650. The Morgan fingerprint density at radius 2 is 1.70 bits per heavy atom. The van der Waals surface area contributed by atoms with Crippen LogP contribution in [-0.2, 0) is 24.3 Å². The largest absolute Gasteiger partial charge is 0.455 e. The van der Waals surface area contributed by atoms with Crippen LogP contribution in [-0.4, -0.2) is 56.6 Å². The molecule has 1 aliphatic carbocycles. The van der Waals surface area contributed by atoms with Crippen molar-refractivity contribution < 1.29 is 22.7 Å². The number of carbonyl (C=O) groups is 2. The van der Waals surface area contributed by atoms with E-state index in [0.29, 0.717) is 25.9 Å². The van der Waals surface area contributed by atoms with Crippen LogP contribution in [0.2, 0.25) is 0 Å². The van der Waals surface area contributed by atoms with Crippen molar-refractivity contribution in [3.8, 4) is 0 Å². The van der Waals surface area contributed by atoms with Gasteiger partial charge in [0.05, 0.1) is 12.2 Å². The zero-order chi connectivity index (χ0) is 16.9. The molecule has 2 fully saturated rings. The minimum absolute atomic E-state index is 0.202. The van der Waals surface area contributed by atoms with E-state index in [1.807, 2.05) is 0 Å². The predicted molar refractivity (Wildman–Crippen MR) is 85.1 cm³/mol. The molecule has 0 spiro atoms. The number of esters is 1. The van der Waals surface area contributed by atoms with Crippen molar-refractivity contribution in [2.24, 2.45) is 5.92 Å². The fourth-order valence-electron chi connectivity index (χ4n) is 3.19. The van der Waals surface area contributed by atoms with Crippen LogP contribution in [0.4, 0.5) is 0 Å². The van der Waals surface area contributed by atoms with E-state index in [1.165, 1.54) is 17.0 Å². The maximum Gasteiger partial charge on any atom is 0.309 e. The molecular formula is C15H26N2O5S. The van der Waals surface area contributed by atoms with Gasteiger partial charge in [-0.15, -0.1) is 0 Å². The number of carbonyl (C=O) groups excluding carboxylic acids is 2. The van der Waals surface area contributed by atoms with Crippen molar-refractivity contribution in [3.63, 3.8) is 0 Å². The third-order valence-electron chi connectivity index (χ3n) is 4.57. The van der Waals surface area contributed by atoms with E-state index >= 15 is 0 Å². The van der Waals surface area contributed by atoms with E-state index in [0.717, 1.165) is 25.7 Å². The first kappa shape index (κ1) is 18.2. The number of hydrogen-bond acceptors (Lipinski definition) is 5. The van der Waals surface area contributed by atoms with Crippen LogP contribution in [0.15, 0.2) is 0 Å². The number of hydrogen-bond donors (Lipinski definition) is 1. The summed E-state index contributed by atoms with van der Waals surface area (Å²) in [5, 5.41) is 2.90. The van der Waals surface area contributed by atoms with Gasteiger partial charge in [0.2, 0.25) is 10.0 Å². The number of piperidine rings is 1. The molecule has 0 radical (unpaired) electrons. The van der Waals surface area contributed by atoms with Gasteiger partial charge >= 0.3 is 5.97 Å². The van der Waals surface area contributed by atoms with Crippen LogP contribution in [0.5, 0.6) is 0 Å². The van der Waals surface area contributed by atoms with Gasteiger partial charge in [0, 0.05) is 19.1 Å². The Labute approximate surface area is 137 Å². The molecule has 1 amide bonds. The summed E-state index contributed by atoms with van der Waals surface area (Å²) < 4.78 is 29.3. The molecule has 1 saturated carbocycles. The summed E-state index contributed by atoms with van der Waals surface area (Å²) in [6.07, 6.45) is 7.50. The summed E-state index contributed by atoms with van der Waals surface area (Å²) in [7, 11) is -3.20. The standard InChI is InChI=1S/C15H26N2O5S/c1-23(20,21)17-9-7-12(8-10-17)15(19)22-11-14(18)16-13-5-3-2-4-6-13/h12-13H,2-11H2,1H3,(H,16,18). The molecule has 1 heterocycles. The average Bonchev–Trinajstić information content (AvgIpc) is 2.53. The average molecular weight is 346 g/mol.